The van der Waals surface area contributed by atoms with Crippen LogP contribution in [-0.2, 0) is 0 Å². The first-order valence-electron chi connectivity index (χ1n) is 2.66. The third kappa shape index (κ3) is 1.98. The number of aliphatic hydroxyl groups excluding tert-OH is 1. The Bertz CT molecular complexity index is 138. The zero-order valence-corrected chi connectivity index (χ0v) is 5.52. The second-order valence-electron chi connectivity index (χ2n) is 1.80. The van der Waals surface area contributed by atoms with Gasteiger partial charge in [0, 0.05) is 0 Å². The van der Waals surface area contributed by atoms with Crippen LogP contribution in [0.1, 0.15) is 6.92 Å². The first-order chi connectivity index (χ1) is 4.63. The number of hydrogen-bond donors (Lipinski definition) is 2. The normalized spacial score (nSPS) is 12.2. The molecule has 0 aromatic carbocycles. The average molecular weight is 147 g/mol. The van der Waals surface area contributed by atoms with Gasteiger partial charge in [-0.25, -0.2) is 4.79 Å². The van der Waals surface area contributed by atoms with Crippen LogP contribution in [0.2, 0.25) is 0 Å². The molecule has 0 aliphatic carbocycles. The highest BCUT2D eigenvalue weighted by molar-refractivity contribution is 5.71. The van der Waals surface area contributed by atoms with Gasteiger partial charge in [0.15, 0.2) is 0 Å². The van der Waals surface area contributed by atoms with Gasteiger partial charge in [-0.05, 0) is 6.92 Å². The van der Waals surface area contributed by atoms with Crippen molar-refractivity contribution in [2.75, 3.05) is 6.61 Å². The summed E-state index contributed by atoms with van der Waals surface area (Å²) in [4.78, 5) is 20.1. The van der Waals surface area contributed by atoms with Gasteiger partial charge in [-0.15, -0.1) is 4.91 Å². The summed E-state index contributed by atoms with van der Waals surface area (Å²) >= 11 is 0. The second kappa shape index (κ2) is 3.78. The third-order valence-electron chi connectivity index (χ3n) is 0.995. The van der Waals surface area contributed by atoms with E-state index in [-0.39, 0.29) is 6.61 Å². The lowest BCUT2D eigenvalue weighted by atomic mass is 10.4. The Balaban J connectivity index is 4.05. The molecule has 2 amide bonds. The van der Waals surface area contributed by atoms with Crippen LogP contribution < -0.4 is 5.73 Å². The maximum Gasteiger partial charge on any atom is 0.338 e. The number of aliphatic hydroxyl groups is 1. The molecule has 0 bridgehead atoms. The van der Waals surface area contributed by atoms with Gasteiger partial charge >= 0.3 is 6.03 Å². The van der Waals surface area contributed by atoms with Crippen molar-refractivity contribution in [1.29, 1.82) is 0 Å². The number of amides is 2. The minimum atomic E-state index is -0.962. The number of hydrogen-bond acceptors (Lipinski definition) is 4. The summed E-state index contributed by atoms with van der Waals surface area (Å²) in [6.07, 6.45) is 0. The monoisotopic (exact) mass is 147 g/mol. The standard InChI is InChI=1S/C4H9N3O3/c1-3(2-8)7(6-10)4(5)9/h3,8H,2H2,1H3,(H2,5,9). The molecule has 1 unspecified atom stereocenters. The number of carbonyl (C=O) groups excluding carboxylic acids is 1. The Hall–Kier alpha value is -1.17. The van der Waals surface area contributed by atoms with Gasteiger partial charge < -0.3 is 10.8 Å². The maximum absolute atomic E-state index is 10.3. The van der Waals surface area contributed by atoms with Gasteiger partial charge in [-0.2, -0.15) is 5.01 Å². The van der Waals surface area contributed by atoms with Crippen LogP contribution in [0.15, 0.2) is 5.29 Å². The molecule has 0 saturated carbocycles. The van der Waals surface area contributed by atoms with E-state index in [0.29, 0.717) is 5.01 Å². The fourth-order valence-corrected chi connectivity index (χ4v) is 0.415. The van der Waals surface area contributed by atoms with E-state index in [1.807, 2.05) is 0 Å². The summed E-state index contributed by atoms with van der Waals surface area (Å²) in [6, 6.07) is -1.62. The van der Waals surface area contributed by atoms with E-state index < -0.39 is 12.1 Å². The lowest BCUT2D eigenvalue weighted by Gasteiger charge is -2.15. The lowest BCUT2D eigenvalue weighted by molar-refractivity contribution is 0.149. The van der Waals surface area contributed by atoms with Crippen molar-refractivity contribution in [2.24, 2.45) is 11.0 Å². The van der Waals surface area contributed by atoms with E-state index in [2.05, 4.69) is 5.29 Å². The first-order valence-corrected chi connectivity index (χ1v) is 2.66. The van der Waals surface area contributed by atoms with Crippen LogP contribution in [0.5, 0.6) is 0 Å². The topological polar surface area (TPSA) is 96.0 Å². The predicted molar refractivity (Wildman–Crippen MR) is 33.8 cm³/mol. The highest BCUT2D eigenvalue weighted by Crippen LogP contribution is 1.96. The molecule has 6 heteroatoms. The van der Waals surface area contributed by atoms with E-state index in [1.54, 1.807) is 0 Å². The molecular formula is C4H9N3O3. The maximum atomic E-state index is 10.3. The summed E-state index contributed by atoms with van der Waals surface area (Å²) < 4.78 is 0. The molecule has 6 nitrogen and oxygen atoms in total. The number of carbonyl (C=O) groups is 1. The molecule has 0 fully saturated rings. The summed E-state index contributed by atoms with van der Waals surface area (Å²) in [5.74, 6) is 0. The zero-order valence-electron chi connectivity index (χ0n) is 5.52. The van der Waals surface area contributed by atoms with Crippen LogP contribution >= 0.6 is 0 Å². The zero-order chi connectivity index (χ0) is 8.15. The molecule has 0 aliphatic rings. The van der Waals surface area contributed by atoms with Crippen molar-refractivity contribution in [3.8, 4) is 0 Å². The Labute approximate surface area is 57.6 Å². The molecule has 0 radical (unpaired) electrons. The Kier molecular flexibility index (Phi) is 3.34. The van der Waals surface area contributed by atoms with Gasteiger partial charge in [0.25, 0.3) is 0 Å². The third-order valence-corrected chi connectivity index (χ3v) is 0.995. The van der Waals surface area contributed by atoms with E-state index in [9.17, 15) is 9.70 Å². The van der Waals surface area contributed by atoms with Gasteiger partial charge in [0.1, 0.15) is 0 Å². The number of nitroso groups, excluding NO2 is 1. The second-order valence-corrected chi connectivity index (χ2v) is 1.80. The number of nitrogens with two attached hydrogens (primary N) is 1. The number of nitrogens with zero attached hydrogens (tertiary/aromatic N) is 2. The molecule has 58 valence electrons. The van der Waals surface area contributed by atoms with E-state index in [1.165, 1.54) is 6.92 Å². The van der Waals surface area contributed by atoms with Crippen molar-refractivity contribution in [2.45, 2.75) is 13.0 Å². The van der Waals surface area contributed by atoms with Crippen molar-refractivity contribution < 1.29 is 9.90 Å². The molecule has 0 spiro atoms. The lowest BCUT2D eigenvalue weighted by Crippen LogP contribution is -2.39. The number of primary amides is 1. The summed E-state index contributed by atoms with van der Waals surface area (Å²) in [5.41, 5.74) is 4.71. The van der Waals surface area contributed by atoms with E-state index in [0.717, 1.165) is 0 Å². The largest absolute Gasteiger partial charge is 0.394 e. The molecule has 0 aromatic rings. The Morgan fingerprint density at radius 1 is 1.90 bits per heavy atom. The van der Waals surface area contributed by atoms with Gasteiger partial charge in [-0.3, -0.25) is 0 Å². The van der Waals surface area contributed by atoms with E-state index >= 15 is 0 Å². The summed E-state index contributed by atoms with van der Waals surface area (Å²) in [5, 5.41) is 11.2. The minimum Gasteiger partial charge on any atom is -0.394 e. The van der Waals surface area contributed by atoms with Gasteiger partial charge in [-0.1, -0.05) is 0 Å². The molecule has 0 saturated heterocycles. The van der Waals surface area contributed by atoms with Crippen molar-refractivity contribution in [3.05, 3.63) is 4.91 Å². The summed E-state index contributed by atoms with van der Waals surface area (Å²) in [6.45, 7) is 1.11. The molecule has 1 atom stereocenters. The van der Waals surface area contributed by atoms with Gasteiger partial charge in [0.2, 0.25) is 0 Å². The molecule has 0 heterocycles. The highest BCUT2D eigenvalue weighted by Gasteiger charge is 2.16. The van der Waals surface area contributed by atoms with Crippen LogP contribution in [-0.4, -0.2) is 28.8 Å². The highest BCUT2D eigenvalue weighted by atomic mass is 16.3. The number of urea groups is 1. The fraction of sp³-hybridized carbons (Fsp3) is 0.750. The Morgan fingerprint density at radius 2 is 2.40 bits per heavy atom. The SMILES string of the molecule is CC(CO)N(N=O)C(N)=O. The predicted octanol–water partition coefficient (Wildman–Crippen LogP) is -0.571. The first kappa shape index (κ1) is 8.83. The van der Waals surface area contributed by atoms with Gasteiger partial charge in [0.05, 0.1) is 17.9 Å². The van der Waals surface area contributed by atoms with Crippen LogP contribution in [0.25, 0.3) is 0 Å². The van der Waals surface area contributed by atoms with Crippen LogP contribution in [0, 0.1) is 4.91 Å². The number of rotatable bonds is 3. The minimum absolute atomic E-state index is 0.339. The molecule has 0 aliphatic heterocycles. The van der Waals surface area contributed by atoms with Crippen LogP contribution in [0.3, 0.4) is 0 Å². The molecular weight excluding hydrogens is 138 g/mol. The fourth-order valence-electron chi connectivity index (χ4n) is 0.415. The smallest absolute Gasteiger partial charge is 0.338 e. The van der Waals surface area contributed by atoms with Crippen LogP contribution in [0.4, 0.5) is 4.79 Å². The molecule has 0 aromatic heterocycles. The van der Waals surface area contributed by atoms with Crippen molar-refractivity contribution in [3.63, 3.8) is 0 Å². The van der Waals surface area contributed by atoms with Crippen molar-refractivity contribution >= 4 is 6.03 Å². The molecule has 3 N–H and O–H groups in total. The average Bonchev–Trinajstić information content (AvgIpc) is 1.88. The van der Waals surface area contributed by atoms with E-state index in [4.69, 9.17) is 10.8 Å². The molecule has 0 rings (SSSR count). The quantitative estimate of drug-likeness (QED) is 0.413. The molecule has 10 heavy (non-hydrogen) atoms. The Morgan fingerprint density at radius 3 is 2.50 bits per heavy atom. The van der Waals surface area contributed by atoms with Crippen molar-refractivity contribution in [1.82, 2.24) is 5.01 Å². The summed E-state index contributed by atoms with van der Waals surface area (Å²) in [7, 11) is 0.